The van der Waals surface area contributed by atoms with E-state index < -0.39 is 0 Å². The molecule has 0 unspecified atom stereocenters. The molecule has 3 nitrogen and oxygen atoms in total. The Kier molecular flexibility index (Phi) is 1.93. The molecule has 3 rings (SSSR count). The van der Waals surface area contributed by atoms with Gasteiger partial charge < -0.3 is 0 Å². The molecule has 0 fully saturated rings. The molecular weight excluding hydrogens is 206 g/mol. The van der Waals surface area contributed by atoms with Gasteiger partial charge in [-0.2, -0.15) is 0 Å². The summed E-state index contributed by atoms with van der Waals surface area (Å²) in [5.41, 5.74) is 1.87. The van der Waals surface area contributed by atoms with Gasteiger partial charge in [-0.25, -0.2) is 15.0 Å². The number of nitrogens with zero attached hydrogens (tertiary/aromatic N) is 3. The van der Waals surface area contributed by atoms with Crippen molar-refractivity contribution in [3.05, 3.63) is 42.2 Å². The van der Waals surface area contributed by atoms with E-state index in [0.29, 0.717) is 0 Å². The van der Waals surface area contributed by atoms with E-state index in [4.69, 9.17) is 0 Å². The second-order valence-corrected chi connectivity index (χ2v) is 3.97. The van der Waals surface area contributed by atoms with Gasteiger partial charge in [-0.15, -0.1) is 11.3 Å². The van der Waals surface area contributed by atoms with Crippen molar-refractivity contribution < 1.29 is 0 Å². The molecule has 2 heterocycles. The van der Waals surface area contributed by atoms with E-state index in [9.17, 15) is 0 Å². The molecule has 15 heavy (non-hydrogen) atoms. The van der Waals surface area contributed by atoms with E-state index in [1.165, 1.54) is 0 Å². The highest BCUT2D eigenvalue weighted by atomic mass is 32.1. The molecule has 3 aromatic rings. The van der Waals surface area contributed by atoms with Crippen LogP contribution in [0.4, 0.5) is 0 Å². The number of hydrogen-bond donors (Lipinski definition) is 0. The van der Waals surface area contributed by atoms with Gasteiger partial charge >= 0.3 is 0 Å². The van der Waals surface area contributed by atoms with Crippen LogP contribution in [0.1, 0.15) is 0 Å². The first kappa shape index (κ1) is 8.49. The molecule has 0 amide bonds. The fourth-order valence-electron chi connectivity index (χ4n) is 1.52. The molecule has 72 valence electrons. The maximum Gasteiger partial charge on any atom is 0.142 e. The van der Waals surface area contributed by atoms with Crippen molar-refractivity contribution in [3.8, 4) is 10.7 Å². The summed E-state index contributed by atoms with van der Waals surface area (Å²) in [4.78, 5) is 12.8. The normalized spacial score (nSPS) is 10.7. The minimum Gasteiger partial charge on any atom is -0.243 e. The van der Waals surface area contributed by atoms with E-state index in [1.807, 2.05) is 29.6 Å². The SMILES string of the molecule is c1ccc2c(-c3nccs3)ncnc2c1. The third-order valence-electron chi connectivity index (χ3n) is 2.18. The van der Waals surface area contributed by atoms with Gasteiger partial charge in [0.1, 0.15) is 17.0 Å². The van der Waals surface area contributed by atoms with Crippen molar-refractivity contribution in [2.75, 3.05) is 0 Å². The Morgan fingerprint density at radius 1 is 1.00 bits per heavy atom. The first-order valence-electron chi connectivity index (χ1n) is 4.55. The summed E-state index contributed by atoms with van der Waals surface area (Å²) in [6, 6.07) is 7.96. The van der Waals surface area contributed by atoms with Gasteiger partial charge in [-0.05, 0) is 6.07 Å². The molecule has 0 aliphatic rings. The van der Waals surface area contributed by atoms with Crippen LogP contribution in [0.2, 0.25) is 0 Å². The lowest BCUT2D eigenvalue weighted by atomic mass is 10.2. The molecular formula is C11H7N3S. The Morgan fingerprint density at radius 3 is 2.80 bits per heavy atom. The van der Waals surface area contributed by atoms with E-state index in [2.05, 4.69) is 15.0 Å². The first-order valence-corrected chi connectivity index (χ1v) is 5.43. The molecule has 0 aliphatic heterocycles. The van der Waals surface area contributed by atoms with Crippen molar-refractivity contribution in [3.63, 3.8) is 0 Å². The zero-order valence-electron chi connectivity index (χ0n) is 7.79. The molecule has 0 aliphatic carbocycles. The fraction of sp³-hybridized carbons (Fsp3) is 0. The Hall–Kier alpha value is -1.81. The molecule has 4 heteroatoms. The Balaban J connectivity index is 2.36. The minimum atomic E-state index is 0.913. The predicted octanol–water partition coefficient (Wildman–Crippen LogP) is 2.75. The van der Waals surface area contributed by atoms with Crippen molar-refractivity contribution in [2.24, 2.45) is 0 Å². The molecule has 0 bridgehead atoms. The highest BCUT2D eigenvalue weighted by molar-refractivity contribution is 7.13. The summed E-state index contributed by atoms with van der Waals surface area (Å²) in [6.07, 6.45) is 3.37. The number of para-hydroxylation sites is 1. The highest BCUT2D eigenvalue weighted by Gasteiger charge is 2.06. The molecule has 0 spiro atoms. The van der Waals surface area contributed by atoms with Gasteiger partial charge in [-0.3, -0.25) is 0 Å². The molecule has 0 atom stereocenters. The van der Waals surface area contributed by atoms with Crippen LogP contribution < -0.4 is 0 Å². The van der Waals surface area contributed by atoms with Gasteiger partial charge in [0.2, 0.25) is 0 Å². The average molecular weight is 213 g/mol. The molecule has 1 aromatic carbocycles. The Bertz CT molecular complexity index is 584. The summed E-state index contributed by atoms with van der Waals surface area (Å²) < 4.78 is 0. The lowest BCUT2D eigenvalue weighted by Crippen LogP contribution is -1.87. The van der Waals surface area contributed by atoms with Crippen LogP contribution in [0.3, 0.4) is 0 Å². The van der Waals surface area contributed by atoms with Gasteiger partial charge in [0.25, 0.3) is 0 Å². The van der Waals surface area contributed by atoms with Crippen molar-refractivity contribution in [2.45, 2.75) is 0 Å². The van der Waals surface area contributed by atoms with Crippen molar-refractivity contribution >= 4 is 22.2 Å². The number of hydrogen-bond acceptors (Lipinski definition) is 4. The van der Waals surface area contributed by atoms with Crippen LogP contribution in [0.25, 0.3) is 21.6 Å². The lowest BCUT2D eigenvalue weighted by molar-refractivity contribution is 1.21. The Morgan fingerprint density at radius 2 is 1.93 bits per heavy atom. The molecule has 0 saturated carbocycles. The quantitative estimate of drug-likeness (QED) is 0.624. The van der Waals surface area contributed by atoms with Crippen molar-refractivity contribution in [1.82, 2.24) is 15.0 Å². The maximum atomic E-state index is 4.29. The van der Waals surface area contributed by atoms with Crippen molar-refractivity contribution in [1.29, 1.82) is 0 Å². The average Bonchev–Trinajstić information content (AvgIpc) is 2.82. The summed E-state index contributed by atoms with van der Waals surface area (Å²) in [6.45, 7) is 0. The van der Waals surface area contributed by atoms with Gasteiger partial charge in [0, 0.05) is 17.0 Å². The van der Waals surface area contributed by atoms with E-state index >= 15 is 0 Å². The predicted molar refractivity (Wildman–Crippen MR) is 60.6 cm³/mol. The summed E-state index contributed by atoms with van der Waals surface area (Å²) in [5, 5.41) is 3.94. The monoisotopic (exact) mass is 213 g/mol. The van der Waals surface area contributed by atoms with Crippen LogP contribution in [-0.2, 0) is 0 Å². The van der Waals surface area contributed by atoms with E-state index in [1.54, 1.807) is 23.9 Å². The topological polar surface area (TPSA) is 38.7 Å². The highest BCUT2D eigenvalue weighted by Crippen LogP contribution is 2.26. The van der Waals surface area contributed by atoms with Crippen LogP contribution in [0.15, 0.2) is 42.2 Å². The second kappa shape index (κ2) is 3.40. The van der Waals surface area contributed by atoms with Gasteiger partial charge in [0.15, 0.2) is 0 Å². The zero-order valence-corrected chi connectivity index (χ0v) is 8.61. The van der Waals surface area contributed by atoms with Gasteiger partial charge in [-0.1, -0.05) is 18.2 Å². The number of thiazole rings is 1. The fourth-order valence-corrected chi connectivity index (χ4v) is 2.16. The standard InChI is InChI=1S/C11H7N3S/c1-2-4-9-8(3-1)10(14-7-13-9)11-12-5-6-15-11/h1-7H. The van der Waals surface area contributed by atoms with Crippen LogP contribution in [0, 0.1) is 0 Å². The largest absolute Gasteiger partial charge is 0.243 e. The number of aromatic nitrogens is 3. The van der Waals surface area contributed by atoms with Crippen LogP contribution in [0.5, 0.6) is 0 Å². The molecule has 2 aromatic heterocycles. The zero-order chi connectivity index (χ0) is 10.1. The van der Waals surface area contributed by atoms with E-state index in [-0.39, 0.29) is 0 Å². The lowest BCUT2D eigenvalue weighted by Gasteiger charge is -2.00. The van der Waals surface area contributed by atoms with Crippen LogP contribution >= 0.6 is 11.3 Å². The summed E-state index contributed by atoms with van der Waals surface area (Å²) in [5.74, 6) is 0. The molecule has 0 radical (unpaired) electrons. The van der Waals surface area contributed by atoms with Gasteiger partial charge in [0.05, 0.1) is 5.52 Å². The molecule has 0 N–H and O–H groups in total. The summed E-state index contributed by atoms with van der Waals surface area (Å²) in [7, 11) is 0. The number of rotatable bonds is 1. The number of benzene rings is 1. The summed E-state index contributed by atoms with van der Waals surface area (Å²) >= 11 is 1.59. The molecule has 0 saturated heterocycles. The van der Waals surface area contributed by atoms with Crippen LogP contribution in [-0.4, -0.2) is 15.0 Å². The third kappa shape index (κ3) is 1.39. The first-order chi connectivity index (χ1) is 7.45. The second-order valence-electron chi connectivity index (χ2n) is 3.08. The Labute approximate surface area is 90.5 Å². The minimum absolute atomic E-state index is 0.913. The maximum absolute atomic E-state index is 4.29. The smallest absolute Gasteiger partial charge is 0.142 e. The third-order valence-corrected chi connectivity index (χ3v) is 2.96. The van der Waals surface area contributed by atoms with E-state index in [0.717, 1.165) is 21.6 Å². The number of fused-ring (bicyclic) bond motifs is 1.